The number of carbonyl (C=O) groups excluding carboxylic acids is 1. The molecule has 2 aliphatic heterocycles. The third-order valence-corrected chi connectivity index (χ3v) is 5.90. The number of likely N-dealkylation sites (tertiary alicyclic amines) is 1. The van der Waals surface area contributed by atoms with Gasteiger partial charge in [-0.1, -0.05) is 18.2 Å². The highest BCUT2D eigenvalue weighted by Crippen LogP contribution is 2.46. The van der Waals surface area contributed by atoms with E-state index in [-0.39, 0.29) is 23.8 Å². The minimum atomic E-state index is -0.0991. The van der Waals surface area contributed by atoms with Gasteiger partial charge in [-0.3, -0.25) is 14.4 Å². The summed E-state index contributed by atoms with van der Waals surface area (Å²) >= 11 is 0. The summed E-state index contributed by atoms with van der Waals surface area (Å²) in [6.07, 6.45) is 1.82. The van der Waals surface area contributed by atoms with E-state index in [1.807, 2.05) is 54.3 Å². The van der Waals surface area contributed by atoms with Crippen LogP contribution in [-0.2, 0) is 11.8 Å². The van der Waals surface area contributed by atoms with Crippen molar-refractivity contribution in [2.75, 3.05) is 25.5 Å². The molecule has 6 nitrogen and oxygen atoms in total. The minimum Gasteiger partial charge on any atom is -0.493 e. The van der Waals surface area contributed by atoms with E-state index in [0.29, 0.717) is 6.61 Å². The molecule has 1 amide bonds. The molecule has 0 saturated carbocycles. The summed E-state index contributed by atoms with van der Waals surface area (Å²) in [5.74, 6) is 1.05. The number of nitrogens with zero attached hydrogens (tertiary/aromatic N) is 3. The summed E-state index contributed by atoms with van der Waals surface area (Å²) in [5, 5.41) is 8.38. The molecule has 6 heteroatoms. The molecule has 3 aromatic rings. The molecule has 2 aliphatic rings. The maximum atomic E-state index is 13.1. The number of anilines is 1. The molecule has 1 saturated heterocycles. The molecular formula is C21H22N4O2. The first kappa shape index (κ1) is 16.3. The molecule has 0 radical (unpaired) electrons. The summed E-state index contributed by atoms with van der Waals surface area (Å²) in [6, 6.07) is 14.3. The Kier molecular flexibility index (Phi) is 3.68. The standard InChI is InChI=1S/C21H22N4O2/c1-24-11-16(17-12-27-19-6-4-3-5-15(19)20(17)24)21(26)23-14-7-8-18-13(9-14)10-22-25(18)2/h3-10,16-17,20H,11-12H2,1-2H3,(H,23,26)/t16-,17+,20+/m1/s1. The second kappa shape index (κ2) is 6.09. The summed E-state index contributed by atoms with van der Waals surface area (Å²) in [4.78, 5) is 15.3. The average Bonchev–Trinajstić information content (AvgIpc) is 3.22. The van der Waals surface area contributed by atoms with Gasteiger partial charge in [-0.2, -0.15) is 5.10 Å². The van der Waals surface area contributed by atoms with Gasteiger partial charge >= 0.3 is 0 Å². The van der Waals surface area contributed by atoms with Crippen LogP contribution in [0.15, 0.2) is 48.7 Å². The topological polar surface area (TPSA) is 59.4 Å². The maximum absolute atomic E-state index is 13.1. The number of hydrogen-bond acceptors (Lipinski definition) is 4. The number of carbonyl (C=O) groups is 1. The lowest BCUT2D eigenvalue weighted by Crippen LogP contribution is -2.34. The van der Waals surface area contributed by atoms with E-state index < -0.39 is 0 Å². The van der Waals surface area contributed by atoms with E-state index in [0.717, 1.165) is 28.9 Å². The number of amides is 1. The zero-order chi connectivity index (χ0) is 18.5. The Bertz CT molecular complexity index is 1030. The van der Waals surface area contributed by atoms with E-state index in [4.69, 9.17) is 4.74 Å². The predicted octanol–water partition coefficient (Wildman–Crippen LogP) is 2.82. The van der Waals surface area contributed by atoms with Gasteiger partial charge < -0.3 is 10.1 Å². The quantitative estimate of drug-likeness (QED) is 0.762. The van der Waals surface area contributed by atoms with Crippen molar-refractivity contribution in [2.24, 2.45) is 18.9 Å². The van der Waals surface area contributed by atoms with Gasteiger partial charge in [-0.05, 0) is 31.3 Å². The molecule has 0 bridgehead atoms. The SMILES string of the molecule is CN1C[C@@H](C(=O)Nc2ccc3c(cnn3C)c2)[C@@H]2COc3ccccc3[C@@H]21. The number of aryl methyl sites for hydroxylation is 1. The fourth-order valence-electron chi connectivity index (χ4n) is 4.58. The highest BCUT2D eigenvalue weighted by Gasteiger charge is 2.47. The molecule has 138 valence electrons. The lowest BCUT2D eigenvalue weighted by molar-refractivity contribution is -0.121. The van der Waals surface area contributed by atoms with Crippen LogP contribution in [0.1, 0.15) is 11.6 Å². The zero-order valence-electron chi connectivity index (χ0n) is 15.4. The molecule has 0 unspecified atom stereocenters. The maximum Gasteiger partial charge on any atom is 0.229 e. The molecule has 5 rings (SSSR count). The minimum absolute atomic E-state index is 0.0561. The van der Waals surface area contributed by atoms with E-state index >= 15 is 0 Å². The van der Waals surface area contributed by atoms with Crippen LogP contribution in [0, 0.1) is 11.8 Å². The number of benzene rings is 2. The van der Waals surface area contributed by atoms with Crippen molar-refractivity contribution in [3.63, 3.8) is 0 Å². The number of hydrogen-bond donors (Lipinski definition) is 1. The first-order valence-corrected chi connectivity index (χ1v) is 9.26. The van der Waals surface area contributed by atoms with Crippen molar-refractivity contribution < 1.29 is 9.53 Å². The van der Waals surface area contributed by atoms with Crippen molar-refractivity contribution in [1.82, 2.24) is 14.7 Å². The van der Waals surface area contributed by atoms with Gasteiger partial charge in [0.05, 0.1) is 24.2 Å². The molecule has 1 aromatic heterocycles. The van der Waals surface area contributed by atoms with E-state index in [2.05, 4.69) is 28.4 Å². The number of fused-ring (bicyclic) bond motifs is 4. The van der Waals surface area contributed by atoms with Crippen molar-refractivity contribution in [3.8, 4) is 5.75 Å². The molecular weight excluding hydrogens is 340 g/mol. The molecule has 3 atom stereocenters. The Morgan fingerprint density at radius 1 is 1.22 bits per heavy atom. The number of rotatable bonds is 2. The van der Waals surface area contributed by atoms with Gasteiger partial charge in [0, 0.05) is 42.2 Å². The smallest absolute Gasteiger partial charge is 0.229 e. The lowest BCUT2D eigenvalue weighted by atomic mass is 9.85. The number of aromatic nitrogens is 2. The third-order valence-electron chi connectivity index (χ3n) is 5.90. The number of nitrogens with one attached hydrogen (secondary N) is 1. The van der Waals surface area contributed by atoms with Crippen LogP contribution in [0.2, 0.25) is 0 Å². The second-order valence-electron chi connectivity index (χ2n) is 7.53. The van der Waals surface area contributed by atoms with Crippen LogP contribution in [0.4, 0.5) is 5.69 Å². The van der Waals surface area contributed by atoms with E-state index in [1.165, 1.54) is 5.56 Å². The van der Waals surface area contributed by atoms with Crippen LogP contribution >= 0.6 is 0 Å². The van der Waals surface area contributed by atoms with Crippen molar-refractivity contribution in [2.45, 2.75) is 6.04 Å². The predicted molar refractivity (Wildman–Crippen MR) is 104 cm³/mol. The Labute approximate surface area is 157 Å². The Hall–Kier alpha value is -2.86. The summed E-state index contributed by atoms with van der Waals surface area (Å²) in [7, 11) is 4.00. The largest absolute Gasteiger partial charge is 0.493 e. The average molecular weight is 362 g/mol. The molecule has 1 fully saturated rings. The molecule has 0 aliphatic carbocycles. The molecule has 2 aromatic carbocycles. The zero-order valence-corrected chi connectivity index (χ0v) is 15.4. The van der Waals surface area contributed by atoms with Gasteiger partial charge in [0.25, 0.3) is 0 Å². The first-order chi connectivity index (χ1) is 13.1. The van der Waals surface area contributed by atoms with Crippen LogP contribution in [0.25, 0.3) is 10.9 Å². The molecule has 3 heterocycles. The lowest BCUT2D eigenvalue weighted by Gasteiger charge is -2.32. The van der Waals surface area contributed by atoms with Gasteiger partial charge in [-0.15, -0.1) is 0 Å². The van der Waals surface area contributed by atoms with Gasteiger partial charge in [0.2, 0.25) is 5.91 Å². The Morgan fingerprint density at radius 3 is 2.96 bits per heavy atom. The Morgan fingerprint density at radius 2 is 2.07 bits per heavy atom. The highest BCUT2D eigenvalue weighted by molar-refractivity contribution is 5.95. The van der Waals surface area contributed by atoms with E-state index in [1.54, 1.807) is 0 Å². The fourth-order valence-corrected chi connectivity index (χ4v) is 4.58. The van der Waals surface area contributed by atoms with Gasteiger partial charge in [0.15, 0.2) is 0 Å². The second-order valence-corrected chi connectivity index (χ2v) is 7.53. The van der Waals surface area contributed by atoms with Crippen LogP contribution < -0.4 is 10.1 Å². The summed E-state index contributed by atoms with van der Waals surface area (Å²) in [5.41, 5.74) is 3.04. The van der Waals surface area contributed by atoms with Gasteiger partial charge in [0.1, 0.15) is 5.75 Å². The van der Waals surface area contributed by atoms with Crippen molar-refractivity contribution in [1.29, 1.82) is 0 Å². The number of para-hydroxylation sites is 1. The highest BCUT2D eigenvalue weighted by atomic mass is 16.5. The molecule has 0 spiro atoms. The molecule has 1 N–H and O–H groups in total. The summed E-state index contributed by atoms with van der Waals surface area (Å²) in [6.45, 7) is 1.31. The van der Waals surface area contributed by atoms with Crippen LogP contribution in [0.5, 0.6) is 5.75 Å². The van der Waals surface area contributed by atoms with Crippen molar-refractivity contribution in [3.05, 3.63) is 54.2 Å². The van der Waals surface area contributed by atoms with Crippen LogP contribution in [-0.4, -0.2) is 40.8 Å². The third kappa shape index (κ3) is 2.59. The summed E-state index contributed by atoms with van der Waals surface area (Å²) < 4.78 is 7.79. The normalized spacial score (nSPS) is 24.3. The fraction of sp³-hybridized carbons (Fsp3) is 0.333. The first-order valence-electron chi connectivity index (χ1n) is 9.26. The molecule has 27 heavy (non-hydrogen) atoms. The van der Waals surface area contributed by atoms with Gasteiger partial charge in [-0.25, -0.2) is 0 Å². The Balaban J connectivity index is 1.39. The van der Waals surface area contributed by atoms with Crippen LogP contribution in [0.3, 0.4) is 0 Å². The number of ether oxygens (including phenoxy) is 1. The monoisotopic (exact) mass is 362 g/mol. The van der Waals surface area contributed by atoms with E-state index in [9.17, 15) is 4.79 Å². The van der Waals surface area contributed by atoms with Crippen molar-refractivity contribution >= 4 is 22.5 Å².